The van der Waals surface area contributed by atoms with Crippen LogP contribution in [-0.4, -0.2) is 120 Å². The number of rotatable bonds is 6. The Morgan fingerprint density at radius 1 is 0.810 bits per heavy atom. The molecule has 2 aromatic carbocycles. The van der Waals surface area contributed by atoms with E-state index >= 15 is 0 Å². The van der Waals surface area contributed by atoms with E-state index in [1.54, 1.807) is 0 Å². The van der Waals surface area contributed by atoms with Crippen LogP contribution in [0.3, 0.4) is 0 Å². The third-order valence-electron chi connectivity index (χ3n) is 6.98. The van der Waals surface area contributed by atoms with Gasteiger partial charge in [0, 0.05) is 17.7 Å². The molecule has 0 radical (unpaired) electrons. The highest BCUT2D eigenvalue weighted by atomic mass is 16.8. The molecule has 9 atom stereocenters. The predicted molar refractivity (Wildman–Crippen MR) is 136 cm³/mol. The van der Waals surface area contributed by atoms with E-state index in [1.165, 1.54) is 6.07 Å². The highest BCUT2D eigenvalue weighted by molar-refractivity contribution is 5.91. The van der Waals surface area contributed by atoms with E-state index in [-0.39, 0.29) is 11.3 Å². The van der Waals surface area contributed by atoms with E-state index in [0.717, 1.165) is 24.3 Å². The number of hydrogen-bond donors (Lipinski definition) is 10. The Morgan fingerprint density at radius 2 is 1.55 bits per heavy atom. The number of hydrogen-bond acceptors (Lipinski definition) is 16. The van der Waals surface area contributed by atoms with Crippen molar-refractivity contribution in [2.24, 2.45) is 0 Å². The second kappa shape index (κ2) is 11.5. The van der Waals surface area contributed by atoms with E-state index in [0.29, 0.717) is 0 Å². The van der Waals surface area contributed by atoms with Crippen molar-refractivity contribution in [2.75, 3.05) is 13.2 Å². The highest BCUT2D eigenvalue weighted by Crippen LogP contribution is 2.43. The number of fused-ring (bicyclic) bond motifs is 1. The Morgan fingerprint density at radius 3 is 2.24 bits per heavy atom. The van der Waals surface area contributed by atoms with Gasteiger partial charge in [0.1, 0.15) is 53.5 Å². The summed E-state index contributed by atoms with van der Waals surface area (Å²) in [6.07, 6.45) is -15.3. The summed E-state index contributed by atoms with van der Waals surface area (Å²) >= 11 is 0. The Hall–Kier alpha value is -3.71. The SMILES string of the molecule is O=c1cc(-c2ccc(O)c(O)c2)oc2c(OC3OC(CO)C(O)C(O)C3OC3OCC(O)C(O)C3O)c(O)cc(O)c12. The van der Waals surface area contributed by atoms with Crippen LogP contribution in [-0.2, 0) is 14.2 Å². The zero-order valence-electron chi connectivity index (χ0n) is 21.4. The van der Waals surface area contributed by atoms with Crippen LogP contribution in [0.15, 0.2) is 39.5 Å². The van der Waals surface area contributed by atoms with Gasteiger partial charge in [-0.3, -0.25) is 4.79 Å². The van der Waals surface area contributed by atoms with E-state index < -0.39 is 114 Å². The smallest absolute Gasteiger partial charge is 0.230 e. The van der Waals surface area contributed by atoms with Crippen molar-refractivity contribution in [2.45, 2.75) is 55.3 Å². The fourth-order valence-electron chi connectivity index (χ4n) is 4.68. The summed E-state index contributed by atoms with van der Waals surface area (Å²) in [5.74, 6) is -3.28. The zero-order chi connectivity index (χ0) is 30.5. The molecule has 10 N–H and O–H groups in total. The molecule has 228 valence electrons. The number of benzene rings is 2. The molecule has 0 aliphatic carbocycles. The first kappa shape index (κ1) is 29.8. The van der Waals surface area contributed by atoms with Gasteiger partial charge in [-0.05, 0) is 18.2 Å². The minimum atomic E-state index is -1.88. The molecule has 0 spiro atoms. The average Bonchev–Trinajstić information content (AvgIpc) is 2.95. The lowest BCUT2D eigenvalue weighted by atomic mass is 9.98. The summed E-state index contributed by atoms with van der Waals surface area (Å²) in [6.45, 7) is -1.28. The maximum absolute atomic E-state index is 13.0. The summed E-state index contributed by atoms with van der Waals surface area (Å²) in [7, 11) is 0. The predicted octanol–water partition coefficient (Wildman–Crippen LogP) is -2.08. The van der Waals surface area contributed by atoms with Crippen molar-refractivity contribution >= 4 is 11.0 Å². The van der Waals surface area contributed by atoms with Crippen LogP contribution in [0.4, 0.5) is 0 Å². The van der Waals surface area contributed by atoms with Crippen LogP contribution in [0.25, 0.3) is 22.3 Å². The number of aliphatic hydroxyl groups is 6. The van der Waals surface area contributed by atoms with Crippen LogP contribution in [0.5, 0.6) is 28.7 Å². The number of aromatic hydroxyl groups is 4. The van der Waals surface area contributed by atoms with Crippen molar-refractivity contribution in [3.8, 4) is 40.1 Å². The number of ether oxygens (including phenoxy) is 4. The molecular formula is C26H28O16. The summed E-state index contributed by atoms with van der Waals surface area (Å²) in [6, 6.07) is 5.26. The fraction of sp³-hybridized carbons (Fsp3) is 0.423. The van der Waals surface area contributed by atoms with E-state index in [1.807, 2.05) is 0 Å². The van der Waals surface area contributed by atoms with E-state index in [9.17, 15) is 55.9 Å². The van der Waals surface area contributed by atoms with Gasteiger partial charge in [0.2, 0.25) is 12.0 Å². The molecule has 5 rings (SSSR count). The molecule has 2 aliphatic heterocycles. The molecule has 9 unspecified atom stereocenters. The molecule has 3 aromatic rings. The molecule has 3 heterocycles. The lowest BCUT2D eigenvalue weighted by Crippen LogP contribution is -2.63. The van der Waals surface area contributed by atoms with Crippen molar-refractivity contribution in [3.63, 3.8) is 0 Å². The lowest BCUT2D eigenvalue weighted by molar-refractivity contribution is -0.344. The van der Waals surface area contributed by atoms with Gasteiger partial charge in [-0.1, -0.05) is 0 Å². The maximum Gasteiger partial charge on any atom is 0.230 e. The largest absolute Gasteiger partial charge is 0.507 e. The van der Waals surface area contributed by atoms with Gasteiger partial charge in [-0.25, -0.2) is 0 Å². The molecule has 0 bridgehead atoms. The number of phenols is 4. The first-order chi connectivity index (χ1) is 19.9. The summed E-state index contributed by atoms with van der Waals surface area (Å²) < 4.78 is 27.9. The van der Waals surface area contributed by atoms with Crippen LogP contribution >= 0.6 is 0 Å². The third-order valence-corrected chi connectivity index (χ3v) is 6.98. The molecule has 16 heteroatoms. The molecule has 2 fully saturated rings. The lowest BCUT2D eigenvalue weighted by Gasteiger charge is -2.44. The molecule has 42 heavy (non-hydrogen) atoms. The Balaban J connectivity index is 1.57. The quantitative estimate of drug-likeness (QED) is 0.137. The first-order valence-corrected chi connectivity index (χ1v) is 12.6. The van der Waals surface area contributed by atoms with Crippen LogP contribution in [0.1, 0.15) is 0 Å². The summed E-state index contributed by atoms with van der Waals surface area (Å²) in [5.41, 5.74) is -1.23. The summed E-state index contributed by atoms with van der Waals surface area (Å²) in [5, 5.41) is 101. The molecule has 0 saturated carbocycles. The zero-order valence-corrected chi connectivity index (χ0v) is 21.4. The van der Waals surface area contributed by atoms with Gasteiger partial charge in [-0.15, -0.1) is 0 Å². The van der Waals surface area contributed by atoms with Gasteiger partial charge in [0.25, 0.3) is 0 Å². The monoisotopic (exact) mass is 596 g/mol. The summed E-state index contributed by atoms with van der Waals surface area (Å²) in [4.78, 5) is 13.0. The second-order valence-electron chi connectivity index (χ2n) is 9.80. The number of aliphatic hydroxyl groups excluding tert-OH is 6. The third kappa shape index (κ3) is 5.31. The van der Waals surface area contributed by atoms with Crippen LogP contribution < -0.4 is 10.2 Å². The normalized spacial score (nSPS) is 31.7. The highest BCUT2D eigenvalue weighted by Gasteiger charge is 2.50. The van der Waals surface area contributed by atoms with Crippen molar-refractivity contribution in [1.29, 1.82) is 0 Å². The molecule has 0 amide bonds. The second-order valence-corrected chi connectivity index (χ2v) is 9.80. The Bertz CT molecular complexity index is 1510. The molecule has 16 nitrogen and oxygen atoms in total. The molecule has 2 saturated heterocycles. The van der Waals surface area contributed by atoms with Gasteiger partial charge >= 0.3 is 0 Å². The molecular weight excluding hydrogens is 568 g/mol. The first-order valence-electron chi connectivity index (χ1n) is 12.6. The van der Waals surface area contributed by atoms with E-state index in [2.05, 4.69) is 0 Å². The van der Waals surface area contributed by atoms with Crippen molar-refractivity contribution < 1.29 is 74.4 Å². The Kier molecular flexibility index (Phi) is 8.17. The average molecular weight is 596 g/mol. The van der Waals surface area contributed by atoms with Crippen molar-refractivity contribution in [1.82, 2.24) is 0 Å². The van der Waals surface area contributed by atoms with Crippen molar-refractivity contribution in [3.05, 3.63) is 40.6 Å². The molecule has 1 aromatic heterocycles. The van der Waals surface area contributed by atoms with Gasteiger partial charge in [0.15, 0.2) is 40.7 Å². The maximum atomic E-state index is 13.0. The standard InChI is InChI=1S/C26H28O16/c27-6-16-19(35)20(36)24(42-25-21(37)18(34)14(33)7-38-25)26(40-16)41-22-13(32)4-11(30)17-12(31)5-15(39-23(17)22)8-1-2-9(28)10(29)3-8/h1-5,14,16,18-21,24-30,32-37H,6-7H2. The fourth-order valence-corrected chi connectivity index (χ4v) is 4.68. The van der Waals surface area contributed by atoms with Gasteiger partial charge < -0.3 is 74.4 Å². The minimum Gasteiger partial charge on any atom is -0.507 e. The van der Waals surface area contributed by atoms with Crippen LogP contribution in [0.2, 0.25) is 0 Å². The van der Waals surface area contributed by atoms with Crippen LogP contribution in [0, 0.1) is 0 Å². The topological polar surface area (TPSA) is 269 Å². The number of phenolic OH excluding ortho intramolecular Hbond substituents is 4. The van der Waals surface area contributed by atoms with E-state index in [4.69, 9.17) is 23.4 Å². The van der Waals surface area contributed by atoms with Gasteiger partial charge in [0.05, 0.1) is 13.2 Å². The van der Waals surface area contributed by atoms with Gasteiger partial charge in [-0.2, -0.15) is 0 Å². The Labute approximate surface area is 235 Å². The molecule has 2 aliphatic rings. The minimum absolute atomic E-state index is 0.108.